The molecule has 0 bridgehead atoms. The van der Waals surface area contributed by atoms with E-state index in [4.69, 9.17) is 14.2 Å². The summed E-state index contributed by atoms with van der Waals surface area (Å²) < 4.78 is 17.5. The van der Waals surface area contributed by atoms with Gasteiger partial charge in [0.15, 0.2) is 0 Å². The smallest absolute Gasteiger partial charge is 0.341 e. The van der Waals surface area contributed by atoms with Crippen LogP contribution in [0.1, 0.15) is 16.7 Å². The van der Waals surface area contributed by atoms with Crippen LogP contribution in [-0.2, 0) is 21.3 Å². The van der Waals surface area contributed by atoms with Gasteiger partial charge in [-0.15, -0.1) is 5.10 Å². The predicted molar refractivity (Wildman–Crippen MR) is 86.2 cm³/mol. The molecule has 0 unspecified atom stereocenters. The number of esters is 1. The van der Waals surface area contributed by atoms with Crippen molar-refractivity contribution in [2.24, 2.45) is 7.05 Å². The van der Waals surface area contributed by atoms with Crippen molar-refractivity contribution in [3.05, 3.63) is 47.3 Å². The summed E-state index contributed by atoms with van der Waals surface area (Å²) in [6.45, 7) is 3.80. The lowest BCUT2D eigenvalue weighted by molar-refractivity contribution is -0.133. The molecule has 1 heterocycles. The number of rotatable bonds is 5. The summed E-state index contributed by atoms with van der Waals surface area (Å²) in [7, 11) is 4.62. The predicted octanol–water partition coefficient (Wildman–Crippen LogP) is 2.99. The first-order chi connectivity index (χ1) is 11.0. The van der Waals surface area contributed by atoms with Crippen LogP contribution in [0.25, 0.3) is 5.57 Å². The fourth-order valence-corrected chi connectivity index (χ4v) is 2.30. The molecule has 23 heavy (non-hydrogen) atoms. The van der Waals surface area contributed by atoms with E-state index in [9.17, 15) is 4.79 Å². The van der Waals surface area contributed by atoms with Gasteiger partial charge in [-0.1, -0.05) is 12.1 Å². The third kappa shape index (κ3) is 3.53. The Morgan fingerprint density at radius 2 is 1.96 bits per heavy atom. The van der Waals surface area contributed by atoms with Gasteiger partial charge in [-0.05, 0) is 25.5 Å². The van der Waals surface area contributed by atoms with Gasteiger partial charge in [-0.25, -0.2) is 4.79 Å². The van der Waals surface area contributed by atoms with Crippen LogP contribution in [0, 0.1) is 13.8 Å². The number of methoxy groups -OCH3 is 2. The first-order valence-electron chi connectivity index (χ1n) is 7.07. The minimum atomic E-state index is -0.497. The normalized spacial score (nSPS) is 11.3. The molecule has 0 aliphatic heterocycles. The fourth-order valence-electron chi connectivity index (χ4n) is 2.30. The van der Waals surface area contributed by atoms with Crippen molar-refractivity contribution in [1.82, 2.24) is 9.78 Å². The summed E-state index contributed by atoms with van der Waals surface area (Å²) in [5, 5.41) is 4.27. The Kier molecular flexibility index (Phi) is 5.05. The average Bonchev–Trinajstić information content (AvgIpc) is 2.83. The highest BCUT2D eigenvalue weighted by Crippen LogP contribution is 2.34. The molecule has 2 rings (SSSR count). The standard InChI is InChI=1S/C17H20N2O4/c1-11-7-6-8-14(23-16-12(2)9-19(3)18-16)15(11)13(10-21-4)17(20)22-5/h6-10H,1-5H3/b13-10-. The molecule has 0 amide bonds. The minimum Gasteiger partial charge on any atom is -0.503 e. The van der Waals surface area contributed by atoms with E-state index in [0.717, 1.165) is 11.1 Å². The van der Waals surface area contributed by atoms with E-state index in [1.807, 2.05) is 39.2 Å². The number of aryl methyl sites for hydroxylation is 3. The second-order valence-corrected chi connectivity index (χ2v) is 5.10. The lowest BCUT2D eigenvalue weighted by atomic mass is 10.0. The second-order valence-electron chi connectivity index (χ2n) is 5.10. The van der Waals surface area contributed by atoms with E-state index < -0.39 is 5.97 Å². The maximum absolute atomic E-state index is 12.1. The molecule has 1 aromatic carbocycles. The first kappa shape index (κ1) is 16.6. The molecule has 1 aromatic heterocycles. The third-order valence-corrected chi connectivity index (χ3v) is 3.32. The number of hydrogen-bond acceptors (Lipinski definition) is 5. The van der Waals surface area contributed by atoms with Gasteiger partial charge in [0.2, 0.25) is 5.88 Å². The fraction of sp³-hybridized carbons (Fsp3) is 0.294. The molecule has 122 valence electrons. The maximum Gasteiger partial charge on any atom is 0.341 e. The lowest BCUT2D eigenvalue weighted by Crippen LogP contribution is -2.07. The minimum absolute atomic E-state index is 0.289. The molecular weight excluding hydrogens is 296 g/mol. The van der Waals surface area contributed by atoms with Crippen molar-refractivity contribution in [1.29, 1.82) is 0 Å². The number of carbonyl (C=O) groups excluding carboxylic acids is 1. The summed E-state index contributed by atoms with van der Waals surface area (Å²) >= 11 is 0. The van der Waals surface area contributed by atoms with Gasteiger partial charge >= 0.3 is 5.97 Å². The SMILES string of the molecule is CO/C=C(\C(=O)OC)c1c(C)cccc1Oc1nn(C)cc1C. The Balaban J connectivity index is 2.53. The van der Waals surface area contributed by atoms with Crippen molar-refractivity contribution in [2.75, 3.05) is 14.2 Å². The Hall–Kier alpha value is -2.76. The number of hydrogen-bond donors (Lipinski definition) is 0. The Morgan fingerprint density at radius 3 is 2.52 bits per heavy atom. The van der Waals surface area contributed by atoms with Gasteiger partial charge in [0.05, 0.1) is 20.5 Å². The van der Waals surface area contributed by atoms with Crippen LogP contribution in [0.5, 0.6) is 11.6 Å². The average molecular weight is 316 g/mol. The summed E-state index contributed by atoms with van der Waals surface area (Å²) in [6.07, 6.45) is 3.21. The summed E-state index contributed by atoms with van der Waals surface area (Å²) in [5.74, 6) is 0.505. The molecule has 0 aliphatic rings. The van der Waals surface area contributed by atoms with Crippen molar-refractivity contribution >= 4 is 11.5 Å². The molecule has 6 nitrogen and oxygen atoms in total. The van der Waals surface area contributed by atoms with Crippen molar-refractivity contribution < 1.29 is 19.0 Å². The molecule has 0 atom stereocenters. The topological polar surface area (TPSA) is 62.6 Å². The number of nitrogens with zero attached hydrogens (tertiary/aromatic N) is 2. The highest BCUT2D eigenvalue weighted by atomic mass is 16.5. The molecule has 2 aromatic rings. The monoisotopic (exact) mass is 316 g/mol. The maximum atomic E-state index is 12.1. The molecule has 0 fully saturated rings. The molecule has 0 aliphatic carbocycles. The summed E-state index contributed by atoms with van der Waals surface area (Å²) in [4.78, 5) is 12.1. The van der Waals surface area contributed by atoms with Gasteiger partial charge in [-0.2, -0.15) is 0 Å². The molecule has 0 saturated carbocycles. The highest BCUT2D eigenvalue weighted by molar-refractivity contribution is 6.17. The number of ether oxygens (including phenoxy) is 3. The van der Waals surface area contributed by atoms with Crippen LogP contribution in [0.2, 0.25) is 0 Å². The van der Waals surface area contributed by atoms with Crippen molar-refractivity contribution in [2.45, 2.75) is 13.8 Å². The summed E-state index contributed by atoms with van der Waals surface area (Å²) in [5.41, 5.74) is 2.67. The Bertz CT molecular complexity index is 747. The molecule has 0 N–H and O–H groups in total. The largest absolute Gasteiger partial charge is 0.503 e. The zero-order chi connectivity index (χ0) is 17.0. The van der Waals surface area contributed by atoms with Crippen LogP contribution >= 0.6 is 0 Å². The van der Waals surface area contributed by atoms with Crippen molar-refractivity contribution in [3.63, 3.8) is 0 Å². The number of aromatic nitrogens is 2. The number of carbonyl (C=O) groups is 1. The van der Waals surface area contributed by atoms with Gasteiger partial charge in [0.25, 0.3) is 0 Å². The Morgan fingerprint density at radius 1 is 1.22 bits per heavy atom. The first-order valence-corrected chi connectivity index (χ1v) is 7.07. The zero-order valence-corrected chi connectivity index (χ0v) is 13.9. The van der Waals surface area contributed by atoms with Crippen LogP contribution in [-0.4, -0.2) is 30.0 Å². The van der Waals surface area contributed by atoms with Gasteiger partial charge < -0.3 is 14.2 Å². The molecular formula is C17H20N2O4. The summed E-state index contributed by atoms with van der Waals surface area (Å²) in [6, 6.07) is 5.52. The van der Waals surface area contributed by atoms with E-state index in [-0.39, 0.29) is 5.57 Å². The zero-order valence-electron chi connectivity index (χ0n) is 13.9. The van der Waals surface area contributed by atoms with Crippen LogP contribution in [0.3, 0.4) is 0 Å². The third-order valence-electron chi connectivity index (χ3n) is 3.32. The van der Waals surface area contributed by atoms with Crippen LogP contribution in [0.4, 0.5) is 0 Å². The van der Waals surface area contributed by atoms with E-state index in [1.165, 1.54) is 20.5 Å². The van der Waals surface area contributed by atoms with Crippen molar-refractivity contribution in [3.8, 4) is 11.6 Å². The lowest BCUT2D eigenvalue weighted by Gasteiger charge is -2.14. The van der Waals surface area contributed by atoms with E-state index >= 15 is 0 Å². The second kappa shape index (κ2) is 7.00. The van der Waals surface area contributed by atoms with Crippen LogP contribution in [0.15, 0.2) is 30.7 Å². The van der Waals surface area contributed by atoms with Gasteiger partial charge in [-0.3, -0.25) is 4.68 Å². The highest BCUT2D eigenvalue weighted by Gasteiger charge is 2.21. The molecule has 0 radical (unpaired) electrons. The van der Waals surface area contributed by atoms with Gasteiger partial charge in [0, 0.05) is 24.4 Å². The number of benzene rings is 1. The molecule has 6 heteroatoms. The van der Waals surface area contributed by atoms with E-state index in [2.05, 4.69) is 5.10 Å². The van der Waals surface area contributed by atoms with E-state index in [0.29, 0.717) is 17.2 Å². The Labute approximate surface area is 135 Å². The van der Waals surface area contributed by atoms with Crippen LogP contribution < -0.4 is 4.74 Å². The quantitative estimate of drug-likeness (QED) is 0.482. The molecule has 0 saturated heterocycles. The van der Waals surface area contributed by atoms with Gasteiger partial charge in [0.1, 0.15) is 11.3 Å². The molecule has 0 spiro atoms. The van der Waals surface area contributed by atoms with E-state index in [1.54, 1.807) is 10.7 Å².